The summed E-state index contributed by atoms with van der Waals surface area (Å²) in [6.07, 6.45) is 3.18. The van der Waals surface area contributed by atoms with Crippen LogP contribution >= 0.6 is 11.6 Å². The highest BCUT2D eigenvalue weighted by Gasteiger charge is 2.24. The molecule has 0 radical (unpaired) electrons. The topological polar surface area (TPSA) is 73.2 Å². The molecule has 1 amide bonds. The van der Waals surface area contributed by atoms with Crippen LogP contribution in [0.1, 0.15) is 34.6 Å². The predicted molar refractivity (Wildman–Crippen MR) is 104 cm³/mol. The molecule has 0 aliphatic rings. The molecule has 0 unspecified atom stereocenters. The molecule has 0 atom stereocenters. The molecule has 28 heavy (non-hydrogen) atoms. The summed E-state index contributed by atoms with van der Waals surface area (Å²) >= 11 is 6.16. The maximum atomic E-state index is 13.2. The van der Waals surface area contributed by atoms with Crippen molar-refractivity contribution in [3.8, 4) is 0 Å². The number of hydrogen-bond acceptors (Lipinski definition) is 4. The van der Waals surface area contributed by atoms with E-state index in [0.717, 1.165) is 6.07 Å². The van der Waals surface area contributed by atoms with Crippen LogP contribution in [-0.2, 0) is 11.8 Å². The number of hydrogen-bond donors (Lipinski definition) is 1. The number of aryl methyl sites for hydroxylation is 1. The summed E-state index contributed by atoms with van der Waals surface area (Å²) in [6.45, 7) is 3.34. The van der Waals surface area contributed by atoms with Gasteiger partial charge in [0.25, 0.3) is 5.91 Å². The SMILES string of the molecule is Cn1cc(Cl)c2cc(C(=O)NC(C)(C)COC(=O)c3cccc(F)c3)cnc21. The number of fused-ring (bicyclic) bond motifs is 1. The normalized spacial score (nSPS) is 11.5. The number of amides is 1. The van der Waals surface area contributed by atoms with Crippen molar-refractivity contribution in [2.75, 3.05) is 6.61 Å². The summed E-state index contributed by atoms with van der Waals surface area (Å²) < 4.78 is 20.2. The van der Waals surface area contributed by atoms with E-state index in [4.69, 9.17) is 16.3 Å². The number of ether oxygens (including phenoxy) is 1. The van der Waals surface area contributed by atoms with Crippen molar-refractivity contribution in [3.05, 3.63) is 64.7 Å². The van der Waals surface area contributed by atoms with Crippen molar-refractivity contribution < 1.29 is 18.7 Å². The zero-order valence-electron chi connectivity index (χ0n) is 15.6. The monoisotopic (exact) mass is 403 g/mol. The van der Waals surface area contributed by atoms with Gasteiger partial charge < -0.3 is 14.6 Å². The Morgan fingerprint density at radius 3 is 2.75 bits per heavy atom. The van der Waals surface area contributed by atoms with Crippen molar-refractivity contribution in [2.24, 2.45) is 7.05 Å². The lowest BCUT2D eigenvalue weighted by atomic mass is 10.1. The number of aromatic nitrogens is 2. The molecule has 3 aromatic rings. The number of pyridine rings is 1. The van der Waals surface area contributed by atoms with Gasteiger partial charge in [-0.15, -0.1) is 0 Å². The molecule has 0 bridgehead atoms. The Kier molecular flexibility index (Phi) is 5.38. The summed E-state index contributed by atoms with van der Waals surface area (Å²) in [5, 5.41) is 3.98. The second-order valence-electron chi connectivity index (χ2n) is 7.11. The van der Waals surface area contributed by atoms with Gasteiger partial charge in [0, 0.05) is 24.8 Å². The molecule has 3 rings (SSSR count). The number of rotatable bonds is 5. The molecule has 8 heteroatoms. The number of carbonyl (C=O) groups is 2. The highest BCUT2D eigenvalue weighted by atomic mass is 35.5. The van der Waals surface area contributed by atoms with Crippen LogP contribution in [-0.4, -0.2) is 33.6 Å². The van der Waals surface area contributed by atoms with E-state index in [9.17, 15) is 14.0 Å². The average Bonchev–Trinajstić information content (AvgIpc) is 2.93. The Labute approximate surface area is 166 Å². The molecular weight excluding hydrogens is 385 g/mol. The first kappa shape index (κ1) is 19.8. The highest BCUT2D eigenvalue weighted by Crippen LogP contribution is 2.24. The Bertz CT molecular complexity index is 1060. The molecule has 146 valence electrons. The van der Waals surface area contributed by atoms with E-state index >= 15 is 0 Å². The third-order valence-corrected chi connectivity index (χ3v) is 4.40. The minimum atomic E-state index is -0.852. The minimum absolute atomic E-state index is 0.0874. The van der Waals surface area contributed by atoms with E-state index in [1.807, 2.05) is 7.05 Å². The van der Waals surface area contributed by atoms with Crippen LogP contribution in [0.2, 0.25) is 5.02 Å². The largest absolute Gasteiger partial charge is 0.460 e. The molecule has 0 saturated carbocycles. The number of halogens is 2. The number of esters is 1. The van der Waals surface area contributed by atoms with Gasteiger partial charge in [-0.2, -0.15) is 0 Å². The van der Waals surface area contributed by atoms with Crippen LogP contribution in [0.25, 0.3) is 11.0 Å². The number of nitrogens with one attached hydrogen (secondary N) is 1. The fraction of sp³-hybridized carbons (Fsp3) is 0.250. The van der Waals surface area contributed by atoms with Crippen LogP contribution in [0.4, 0.5) is 4.39 Å². The molecule has 1 N–H and O–H groups in total. The summed E-state index contributed by atoms with van der Waals surface area (Å²) in [5.74, 6) is -1.56. The molecule has 1 aromatic carbocycles. The van der Waals surface area contributed by atoms with Crippen molar-refractivity contribution in [1.29, 1.82) is 0 Å². The summed E-state index contributed by atoms with van der Waals surface area (Å²) in [5.41, 5.74) is 0.264. The van der Waals surface area contributed by atoms with Crippen molar-refractivity contribution in [1.82, 2.24) is 14.9 Å². The molecule has 0 spiro atoms. The molecule has 2 aromatic heterocycles. The zero-order valence-corrected chi connectivity index (χ0v) is 16.4. The Morgan fingerprint density at radius 1 is 1.29 bits per heavy atom. The van der Waals surface area contributed by atoms with Crippen LogP contribution in [0.5, 0.6) is 0 Å². The molecule has 2 heterocycles. The van der Waals surface area contributed by atoms with Gasteiger partial charge in [-0.3, -0.25) is 4.79 Å². The number of nitrogens with zero attached hydrogens (tertiary/aromatic N) is 2. The Hall–Kier alpha value is -2.93. The highest BCUT2D eigenvalue weighted by molar-refractivity contribution is 6.35. The molecule has 0 fully saturated rings. The van der Waals surface area contributed by atoms with E-state index in [1.54, 1.807) is 30.7 Å². The van der Waals surface area contributed by atoms with Crippen molar-refractivity contribution in [3.63, 3.8) is 0 Å². The molecule has 0 aliphatic heterocycles. The predicted octanol–water partition coefficient (Wildman–Crippen LogP) is 3.73. The standard InChI is InChI=1S/C20H19ClFN3O3/c1-20(2,11-28-19(27)12-5-4-6-14(22)7-12)24-18(26)13-8-15-16(21)10-25(3)17(15)23-9-13/h4-10H,11H2,1-3H3,(H,24,26). The van der Waals surface area contributed by atoms with E-state index in [0.29, 0.717) is 21.6 Å². The smallest absolute Gasteiger partial charge is 0.338 e. The first-order valence-corrected chi connectivity index (χ1v) is 8.90. The fourth-order valence-electron chi connectivity index (χ4n) is 2.70. The van der Waals surface area contributed by atoms with Gasteiger partial charge in [-0.05, 0) is 38.1 Å². The van der Waals surface area contributed by atoms with Crippen molar-refractivity contribution >= 4 is 34.5 Å². The van der Waals surface area contributed by atoms with Gasteiger partial charge in [0.1, 0.15) is 18.1 Å². The maximum Gasteiger partial charge on any atom is 0.338 e. The summed E-state index contributed by atoms with van der Waals surface area (Å²) in [6, 6.07) is 6.89. The Balaban J connectivity index is 1.67. The van der Waals surface area contributed by atoms with Gasteiger partial charge in [0.2, 0.25) is 0 Å². The average molecular weight is 404 g/mol. The fourth-order valence-corrected chi connectivity index (χ4v) is 2.99. The molecular formula is C20H19ClFN3O3. The van der Waals surface area contributed by atoms with Crippen LogP contribution in [0.3, 0.4) is 0 Å². The first-order chi connectivity index (χ1) is 13.2. The van der Waals surface area contributed by atoms with Gasteiger partial charge in [0.05, 0.1) is 21.7 Å². The zero-order chi connectivity index (χ0) is 20.5. The maximum absolute atomic E-state index is 13.2. The van der Waals surface area contributed by atoms with E-state index in [-0.39, 0.29) is 18.1 Å². The second kappa shape index (κ2) is 7.59. The van der Waals surface area contributed by atoms with E-state index in [2.05, 4.69) is 10.3 Å². The van der Waals surface area contributed by atoms with Gasteiger partial charge in [-0.25, -0.2) is 14.2 Å². The molecule has 0 saturated heterocycles. The van der Waals surface area contributed by atoms with Crippen LogP contribution < -0.4 is 5.32 Å². The van der Waals surface area contributed by atoms with E-state index < -0.39 is 17.3 Å². The number of benzene rings is 1. The van der Waals surface area contributed by atoms with Gasteiger partial charge in [-0.1, -0.05) is 17.7 Å². The summed E-state index contributed by atoms with van der Waals surface area (Å²) in [7, 11) is 1.82. The lowest BCUT2D eigenvalue weighted by Gasteiger charge is -2.25. The van der Waals surface area contributed by atoms with E-state index in [1.165, 1.54) is 24.4 Å². The molecule has 6 nitrogen and oxygen atoms in total. The van der Waals surface area contributed by atoms with Gasteiger partial charge >= 0.3 is 5.97 Å². The lowest BCUT2D eigenvalue weighted by Crippen LogP contribution is -2.47. The van der Waals surface area contributed by atoms with Gasteiger partial charge in [0.15, 0.2) is 0 Å². The first-order valence-electron chi connectivity index (χ1n) is 8.52. The quantitative estimate of drug-likeness (QED) is 0.659. The third-order valence-electron chi connectivity index (χ3n) is 4.10. The summed E-state index contributed by atoms with van der Waals surface area (Å²) in [4.78, 5) is 28.9. The second-order valence-corrected chi connectivity index (χ2v) is 7.51. The number of carbonyl (C=O) groups excluding carboxylic acids is 2. The lowest BCUT2D eigenvalue weighted by molar-refractivity contribution is 0.0389. The van der Waals surface area contributed by atoms with Crippen molar-refractivity contribution in [2.45, 2.75) is 19.4 Å². The minimum Gasteiger partial charge on any atom is -0.460 e. The molecule has 0 aliphatic carbocycles. The van der Waals surface area contributed by atoms with Crippen LogP contribution in [0, 0.1) is 5.82 Å². The third kappa shape index (κ3) is 4.31. The van der Waals surface area contributed by atoms with Crippen LogP contribution in [0.15, 0.2) is 42.7 Å². The Morgan fingerprint density at radius 2 is 2.04 bits per heavy atom.